The summed E-state index contributed by atoms with van der Waals surface area (Å²) in [4.78, 5) is 20.9. The van der Waals surface area contributed by atoms with Crippen LogP contribution in [0, 0.1) is 5.92 Å². The number of Topliss-reactive ketones (excluding diaryl/α,β-unsaturated/α-hetero) is 1. The molecule has 0 saturated carbocycles. The summed E-state index contributed by atoms with van der Waals surface area (Å²) < 4.78 is 0. The van der Waals surface area contributed by atoms with Crippen LogP contribution in [0.5, 0.6) is 0 Å². The van der Waals surface area contributed by atoms with E-state index in [1.807, 2.05) is 6.92 Å². The fraction of sp³-hybridized carbons (Fsp3) is 0.750. The maximum atomic E-state index is 10.8. The van der Waals surface area contributed by atoms with Crippen LogP contribution in [0.2, 0.25) is 0 Å². The SMILES string of the molecule is CC[C@@H](CCC(=O)O)C(C)=O. The van der Waals surface area contributed by atoms with Crippen LogP contribution in [-0.4, -0.2) is 16.9 Å². The van der Waals surface area contributed by atoms with Gasteiger partial charge in [-0.3, -0.25) is 9.59 Å². The van der Waals surface area contributed by atoms with Crippen molar-refractivity contribution >= 4 is 11.8 Å². The molecule has 0 amide bonds. The van der Waals surface area contributed by atoms with Crippen molar-refractivity contribution in [3.63, 3.8) is 0 Å². The number of ketones is 1. The van der Waals surface area contributed by atoms with Gasteiger partial charge in [0.25, 0.3) is 0 Å². The Morgan fingerprint density at radius 3 is 2.27 bits per heavy atom. The van der Waals surface area contributed by atoms with Crippen LogP contribution >= 0.6 is 0 Å². The van der Waals surface area contributed by atoms with E-state index in [9.17, 15) is 9.59 Å². The number of hydrogen-bond donors (Lipinski definition) is 1. The number of carbonyl (C=O) groups excluding carboxylic acids is 1. The van der Waals surface area contributed by atoms with Crippen LogP contribution in [0.1, 0.15) is 33.1 Å². The first-order chi connectivity index (χ1) is 5.07. The Hall–Kier alpha value is -0.860. The first-order valence-corrected chi connectivity index (χ1v) is 3.80. The van der Waals surface area contributed by atoms with Gasteiger partial charge in [-0.15, -0.1) is 0 Å². The third-order valence-corrected chi connectivity index (χ3v) is 1.77. The second-order valence-corrected chi connectivity index (χ2v) is 2.65. The predicted molar refractivity (Wildman–Crippen MR) is 41.3 cm³/mol. The third-order valence-electron chi connectivity index (χ3n) is 1.77. The number of rotatable bonds is 5. The summed E-state index contributed by atoms with van der Waals surface area (Å²) >= 11 is 0. The molecule has 0 aliphatic heterocycles. The van der Waals surface area contributed by atoms with Crippen LogP contribution in [0.25, 0.3) is 0 Å². The summed E-state index contributed by atoms with van der Waals surface area (Å²) in [5, 5.41) is 8.33. The molecule has 0 aromatic carbocycles. The first kappa shape index (κ1) is 10.1. The van der Waals surface area contributed by atoms with Crippen LogP contribution in [0.3, 0.4) is 0 Å². The second-order valence-electron chi connectivity index (χ2n) is 2.65. The molecule has 0 aliphatic carbocycles. The Bertz CT molecular complexity index is 151. The lowest BCUT2D eigenvalue weighted by atomic mass is 9.97. The van der Waals surface area contributed by atoms with Crippen LogP contribution in [-0.2, 0) is 9.59 Å². The zero-order valence-electron chi connectivity index (χ0n) is 6.96. The van der Waals surface area contributed by atoms with Crippen molar-refractivity contribution in [1.82, 2.24) is 0 Å². The van der Waals surface area contributed by atoms with Gasteiger partial charge in [0.05, 0.1) is 0 Å². The summed E-state index contributed by atoms with van der Waals surface area (Å²) in [6, 6.07) is 0. The van der Waals surface area contributed by atoms with Crippen molar-refractivity contribution in [3.05, 3.63) is 0 Å². The van der Waals surface area contributed by atoms with Gasteiger partial charge in [-0.2, -0.15) is 0 Å². The van der Waals surface area contributed by atoms with Crippen LogP contribution in [0.15, 0.2) is 0 Å². The third kappa shape index (κ3) is 4.53. The van der Waals surface area contributed by atoms with E-state index in [2.05, 4.69) is 0 Å². The van der Waals surface area contributed by atoms with Crippen molar-refractivity contribution in [2.75, 3.05) is 0 Å². The van der Waals surface area contributed by atoms with Crippen LogP contribution < -0.4 is 0 Å². The lowest BCUT2D eigenvalue weighted by molar-refractivity contribution is -0.137. The van der Waals surface area contributed by atoms with E-state index in [0.717, 1.165) is 6.42 Å². The van der Waals surface area contributed by atoms with Gasteiger partial charge in [0.2, 0.25) is 0 Å². The minimum atomic E-state index is -0.829. The fourth-order valence-electron chi connectivity index (χ4n) is 0.993. The Labute approximate surface area is 66.4 Å². The number of aliphatic carboxylic acids is 1. The molecule has 0 heterocycles. The molecule has 0 rings (SSSR count). The zero-order valence-corrected chi connectivity index (χ0v) is 6.96. The molecular weight excluding hydrogens is 144 g/mol. The largest absolute Gasteiger partial charge is 0.481 e. The van der Waals surface area contributed by atoms with Crippen molar-refractivity contribution in [3.8, 4) is 0 Å². The molecular formula is C8H14O3. The molecule has 11 heavy (non-hydrogen) atoms. The summed E-state index contributed by atoms with van der Waals surface area (Å²) in [5.41, 5.74) is 0. The van der Waals surface area contributed by atoms with Gasteiger partial charge < -0.3 is 5.11 Å². The molecule has 0 bridgehead atoms. The van der Waals surface area contributed by atoms with E-state index in [0.29, 0.717) is 6.42 Å². The number of hydrogen-bond acceptors (Lipinski definition) is 2. The summed E-state index contributed by atoms with van der Waals surface area (Å²) in [5.74, 6) is -0.801. The highest BCUT2D eigenvalue weighted by atomic mass is 16.4. The van der Waals surface area contributed by atoms with Crippen molar-refractivity contribution in [2.24, 2.45) is 5.92 Å². The van der Waals surface area contributed by atoms with Gasteiger partial charge in [0.1, 0.15) is 5.78 Å². The molecule has 1 N–H and O–H groups in total. The van der Waals surface area contributed by atoms with Gasteiger partial charge in [-0.1, -0.05) is 6.92 Å². The maximum Gasteiger partial charge on any atom is 0.303 e. The summed E-state index contributed by atoms with van der Waals surface area (Å²) in [7, 11) is 0. The van der Waals surface area contributed by atoms with Crippen LogP contribution in [0.4, 0.5) is 0 Å². The Kier molecular flexibility index (Phi) is 4.50. The summed E-state index contributed by atoms with van der Waals surface area (Å²) in [6.07, 6.45) is 1.31. The van der Waals surface area contributed by atoms with Crippen molar-refractivity contribution in [1.29, 1.82) is 0 Å². The normalized spacial score (nSPS) is 12.5. The lowest BCUT2D eigenvalue weighted by Crippen LogP contribution is -2.11. The maximum absolute atomic E-state index is 10.8. The number of carboxylic acid groups (broad SMARTS) is 1. The van der Waals surface area contributed by atoms with E-state index in [-0.39, 0.29) is 18.1 Å². The smallest absolute Gasteiger partial charge is 0.303 e. The molecule has 0 spiro atoms. The molecule has 0 radical (unpaired) electrons. The van der Waals surface area contributed by atoms with Gasteiger partial charge in [-0.05, 0) is 19.8 Å². The van der Waals surface area contributed by atoms with E-state index in [1.165, 1.54) is 6.92 Å². The molecule has 1 atom stereocenters. The molecule has 0 aromatic rings. The van der Waals surface area contributed by atoms with E-state index >= 15 is 0 Å². The van der Waals surface area contributed by atoms with Gasteiger partial charge in [0, 0.05) is 12.3 Å². The van der Waals surface area contributed by atoms with E-state index in [4.69, 9.17) is 5.11 Å². The number of carboxylic acids is 1. The minimum Gasteiger partial charge on any atom is -0.481 e. The molecule has 0 saturated heterocycles. The summed E-state index contributed by atoms with van der Waals surface area (Å²) in [6.45, 7) is 3.41. The van der Waals surface area contributed by atoms with E-state index < -0.39 is 5.97 Å². The van der Waals surface area contributed by atoms with E-state index in [1.54, 1.807) is 0 Å². The molecule has 3 nitrogen and oxygen atoms in total. The zero-order chi connectivity index (χ0) is 8.85. The Morgan fingerprint density at radius 2 is 2.00 bits per heavy atom. The molecule has 0 fully saturated rings. The predicted octanol–water partition coefficient (Wildman–Crippen LogP) is 1.47. The topological polar surface area (TPSA) is 54.4 Å². The average molecular weight is 158 g/mol. The average Bonchev–Trinajstić information content (AvgIpc) is 1.87. The van der Waals surface area contributed by atoms with Crippen molar-refractivity contribution < 1.29 is 14.7 Å². The lowest BCUT2D eigenvalue weighted by Gasteiger charge is -2.07. The molecule has 3 heteroatoms. The molecule has 64 valence electrons. The quantitative estimate of drug-likeness (QED) is 0.659. The fourth-order valence-corrected chi connectivity index (χ4v) is 0.993. The van der Waals surface area contributed by atoms with Gasteiger partial charge >= 0.3 is 5.97 Å². The van der Waals surface area contributed by atoms with Crippen molar-refractivity contribution in [2.45, 2.75) is 33.1 Å². The highest BCUT2D eigenvalue weighted by molar-refractivity contribution is 5.78. The highest BCUT2D eigenvalue weighted by Crippen LogP contribution is 2.11. The minimum absolute atomic E-state index is 0.0638. The highest BCUT2D eigenvalue weighted by Gasteiger charge is 2.12. The standard InChI is InChI=1S/C8H14O3/c1-3-7(6(2)9)4-5-8(10)11/h7H,3-5H2,1-2H3,(H,10,11)/t7-/m0/s1. The second kappa shape index (κ2) is 4.88. The van der Waals surface area contributed by atoms with Gasteiger partial charge in [0.15, 0.2) is 0 Å². The molecule has 0 aromatic heterocycles. The van der Waals surface area contributed by atoms with Gasteiger partial charge in [-0.25, -0.2) is 0 Å². The Balaban J connectivity index is 3.70. The first-order valence-electron chi connectivity index (χ1n) is 3.80. The number of carbonyl (C=O) groups is 2. The molecule has 0 unspecified atom stereocenters. The molecule has 0 aliphatic rings. The monoisotopic (exact) mass is 158 g/mol. The Morgan fingerprint density at radius 1 is 1.45 bits per heavy atom.